The second-order valence-electron chi connectivity index (χ2n) is 4.33. The lowest BCUT2D eigenvalue weighted by molar-refractivity contribution is 0.540. The highest BCUT2D eigenvalue weighted by Crippen LogP contribution is 2.26. The first-order valence-corrected chi connectivity index (χ1v) is 6.07. The molecule has 0 saturated heterocycles. The number of benzene rings is 1. The molecular weight excluding hydrogens is 267 g/mol. The lowest BCUT2D eigenvalue weighted by atomic mass is 10.1. The van der Waals surface area contributed by atoms with Crippen molar-refractivity contribution < 1.29 is 4.39 Å². The van der Waals surface area contributed by atoms with Crippen LogP contribution in [-0.2, 0) is 6.54 Å². The molecule has 0 radical (unpaired) electrons. The maximum Gasteiger partial charge on any atom is 0.143 e. The molecule has 4 nitrogen and oxygen atoms in total. The summed E-state index contributed by atoms with van der Waals surface area (Å²) in [4.78, 5) is 0. The van der Waals surface area contributed by atoms with Crippen LogP contribution in [0.3, 0.4) is 0 Å². The fraction of sp³-hybridized carbons (Fsp3) is 0.231. The first-order chi connectivity index (χ1) is 9.01. The average Bonchev–Trinajstić information content (AvgIpc) is 2.76. The molecule has 2 rings (SSSR count). The largest absolute Gasteiger partial charge is 0.326 e. The van der Waals surface area contributed by atoms with Crippen LogP contribution < -0.4 is 5.73 Å². The number of nitrogens with two attached hydrogens (primary N) is 1. The van der Waals surface area contributed by atoms with Crippen molar-refractivity contribution in [2.24, 2.45) is 5.73 Å². The van der Waals surface area contributed by atoms with E-state index >= 15 is 0 Å². The summed E-state index contributed by atoms with van der Waals surface area (Å²) in [5.74, 6) is -0.647. The van der Waals surface area contributed by atoms with Crippen LogP contribution in [0.1, 0.15) is 12.5 Å². The summed E-state index contributed by atoms with van der Waals surface area (Å²) in [7, 11) is 0. The molecule has 0 fully saturated rings. The predicted molar refractivity (Wildman–Crippen MR) is 71.0 cm³/mol. The van der Waals surface area contributed by atoms with Gasteiger partial charge in [0.15, 0.2) is 0 Å². The van der Waals surface area contributed by atoms with Crippen molar-refractivity contribution in [3.8, 4) is 17.3 Å². The highest BCUT2D eigenvalue weighted by molar-refractivity contribution is 6.32. The van der Waals surface area contributed by atoms with E-state index in [0.29, 0.717) is 17.8 Å². The number of hydrogen-bond acceptors (Lipinski definition) is 3. The van der Waals surface area contributed by atoms with Gasteiger partial charge in [-0.1, -0.05) is 11.6 Å². The average molecular weight is 279 g/mol. The number of aromatic nitrogens is 2. The Balaban J connectivity index is 2.37. The molecule has 0 unspecified atom stereocenters. The van der Waals surface area contributed by atoms with Crippen molar-refractivity contribution >= 4 is 11.6 Å². The van der Waals surface area contributed by atoms with Gasteiger partial charge in [-0.3, -0.25) is 4.68 Å². The number of nitrogens with zero attached hydrogens (tertiary/aromatic N) is 3. The summed E-state index contributed by atoms with van der Waals surface area (Å²) in [6.45, 7) is 2.45. The molecule has 1 atom stereocenters. The minimum atomic E-state index is -0.647. The third-order valence-corrected chi connectivity index (χ3v) is 2.86. The zero-order valence-electron chi connectivity index (χ0n) is 10.3. The van der Waals surface area contributed by atoms with E-state index < -0.39 is 5.82 Å². The molecule has 0 aliphatic heterocycles. The van der Waals surface area contributed by atoms with Gasteiger partial charge in [0, 0.05) is 17.8 Å². The Hall–Kier alpha value is -1.90. The normalized spacial score (nSPS) is 12.2. The molecule has 1 aromatic heterocycles. The highest BCUT2D eigenvalue weighted by atomic mass is 35.5. The summed E-state index contributed by atoms with van der Waals surface area (Å²) in [6, 6.07) is 6.24. The van der Waals surface area contributed by atoms with E-state index in [4.69, 9.17) is 22.6 Å². The molecular formula is C13H12ClFN4. The van der Waals surface area contributed by atoms with Crippen LogP contribution in [0.15, 0.2) is 24.4 Å². The van der Waals surface area contributed by atoms with Gasteiger partial charge in [0.2, 0.25) is 0 Å². The second kappa shape index (κ2) is 5.39. The summed E-state index contributed by atoms with van der Waals surface area (Å²) in [5, 5.41) is 13.1. The molecule has 2 aromatic rings. The van der Waals surface area contributed by atoms with Crippen LogP contribution in [0.4, 0.5) is 4.39 Å². The molecule has 0 spiro atoms. The van der Waals surface area contributed by atoms with E-state index in [2.05, 4.69) is 5.10 Å². The molecule has 98 valence electrons. The topological polar surface area (TPSA) is 67.6 Å². The molecule has 0 saturated carbocycles. The smallest absolute Gasteiger partial charge is 0.143 e. The van der Waals surface area contributed by atoms with Gasteiger partial charge in [-0.25, -0.2) is 4.39 Å². The molecule has 1 heterocycles. The minimum Gasteiger partial charge on any atom is -0.326 e. The molecule has 0 bridgehead atoms. The molecule has 0 amide bonds. The van der Waals surface area contributed by atoms with Crippen molar-refractivity contribution in [3.05, 3.63) is 40.8 Å². The Morgan fingerprint density at radius 1 is 1.58 bits per heavy atom. The van der Waals surface area contributed by atoms with Crippen LogP contribution in [0, 0.1) is 17.1 Å². The SMILES string of the molecule is C[C@@H](N)Cn1ccc(-c2cc(F)c(C#N)c(Cl)c2)n1. The standard InChI is InChI=1S/C13H12ClFN4/c1-8(17)7-19-3-2-13(18-19)9-4-11(14)10(6-16)12(15)5-9/h2-5,8H,7,17H2,1H3/t8-/m1/s1. The lowest BCUT2D eigenvalue weighted by Gasteiger charge is -2.05. The Labute approximate surface area is 115 Å². The summed E-state index contributed by atoms with van der Waals surface area (Å²) < 4.78 is 15.3. The van der Waals surface area contributed by atoms with E-state index in [1.54, 1.807) is 23.0 Å². The fourth-order valence-electron chi connectivity index (χ4n) is 1.74. The van der Waals surface area contributed by atoms with Crippen molar-refractivity contribution in [1.29, 1.82) is 5.26 Å². The summed E-state index contributed by atoms with van der Waals surface area (Å²) >= 11 is 5.86. The third kappa shape index (κ3) is 2.92. The first kappa shape index (κ1) is 13.5. The van der Waals surface area contributed by atoms with Crippen LogP contribution >= 0.6 is 11.6 Å². The zero-order chi connectivity index (χ0) is 14.0. The van der Waals surface area contributed by atoms with Gasteiger partial charge < -0.3 is 5.73 Å². The zero-order valence-corrected chi connectivity index (χ0v) is 11.0. The van der Waals surface area contributed by atoms with E-state index in [-0.39, 0.29) is 16.6 Å². The van der Waals surface area contributed by atoms with Gasteiger partial charge in [0.25, 0.3) is 0 Å². The van der Waals surface area contributed by atoms with Crippen LogP contribution in [-0.4, -0.2) is 15.8 Å². The number of hydrogen-bond donors (Lipinski definition) is 1. The quantitative estimate of drug-likeness (QED) is 0.938. The Morgan fingerprint density at radius 2 is 2.32 bits per heavy atom. The second-order valence-corrected chi connectivity index (χ2v) is 4.73. The van der Waals surface area contributed by atoms with Crippen molar-refractivity contribution in [2.45, 2.75) is 19.5 Å². The van der Waals surface area contributed by atoms with Gasteiger partial charge in [-0.05, 0) is 25.1 Å². The maximum atomic E-state index is 13.7. The summed E-state index contributed by atoms with van der Waals surface area (Å²) in [5.41, 5.74) is 6.65. The molecule has 2 N–H and O–H groups in total. The van der Waals surface area contributed by atoms with Gasteiger partial charge in [0.05, 0.1) is 17.3 Å². The number of nitriles is 1. The third-order valence-electron chi connectivity index (χ3n) is 2.57. The van der Waals surface area contributed by atoms with Gasteiger partial charge in [-0.2, -0.15) is 10.4 Å². The van der Waals surface area contributed by atoms with Crippen LogP contribution in [0.2, 0.25) is 5.02 Å². The predicted octanol–water partition coefficient (Wildman–Crippen LogP) is 2.56. The Bertz CT molecular complexity index is 619. The molecule has 1 aromatic carbocycles. The molecule has 0 aliphatic carbocycles. The van der Waals surface area contributed by atoms with Gasteiger partial charge in [0.1, 0.15) is 17.4 Å². The van der Waals surface area contributed by atoms with E-state index in [1.165, 1.54) is 12.1 Å². The fourth-order valence-corrected chi connectivity index (χ4v) is 1.99. The lowest BCUT2D eigenvalue weighted by Crippen LogP contribution is -2.22. The van der Waals surface area contributed by atoms with Crippen LogP contribution in [0.25, 0.3) is 11.3 Å². The molecule has 19 heavy (non-hydrogen) atoms. The van der Waals surface area contributed by atoms with Crippen molar-refractivity contribution in [2.75, 3.05) is 0 Å². The molecule has 6 heteroatoms. The van der Waals surface area contributed by atoms with Crippen molar-refractivity contribution in [3.63, 3.8) is 0 Å². The maximum absolute atomic E-state index is 13.7. The summed E-state index contributed by atoms with van der Waals surface area (Å²) in [6.07, 6.45) is 1.77. The molecule has 0 aliphatic rings. The van der Waals surface area contributed by atoms with E-state index in [1.807, 2.05) is 6.92 Å². The first-order valence-electron chi connectivity index (χ1n) is 5.70. The van der Waals surface area contributed by atoms with Gasteiger partial charge in [-0.15, -0.1) is 0 Å². The van der Waals surface area contributed by atoms with E-state index in [0.717, 1.165) is 0 Å². The monoisotopic (exact) mass is 278 g/mol. The number of halogens is 2. The minimum absolute atomic E-state index is 0.0194. The number of rotatable bonds is 3. The highest BCUT2D eigenvalue weighted by Gasteiger charge is 2.12. The van der Waals surface area contributed by atoms with E-state index in [9.17, 15) is 4.39 Å². The Morgan fingerprint density at radius 3 is 2.89 bits per heavy atom. The van der Waals surface area contributed by atoms with Crippen LogP contribution in [0.5, 0.6) is 0 Å². The Kier molecular flexibility index (Phi) is 3.84. The van der Waals surface area contributed by atoms with Gasteiger partial charge >= 0.3 is 0 Å². The van der Waals surface area contributed by atoms with Crippen molar-refractivity contribution in [1.82, 2.24) is 9.78 Å².